The van der Waals surface area contributed by atoms with Crippen LogP contribution < -0.4 is 14.8 Å². The van der Waals surface area contributed by atoms with Gasteiger partial charge >= 0.3 is 0 Å². The van der Waals surface area contributed by atoms with Gasteiger partial charge in [-0.15, -0.1) is 11.3 Å². The molecule has 1 unspecified atom stereocenters. The lowest BCUT2D eigenvalue weighted by molar-refractivity contribution is 0.143. The number of rotatable bonds is 7. The molecule has 0 amide bonds. The number of benzene rings is 1. The molecule has 1 N–H and O–H groups in total. The summed E-state index contributed by atoms with van der Waals surface area (Å²) in [5.74, 6) is 2.72. The summed E-state index contributed by atoms with van der Waals surface area (Å²) in [5.41, 5.74) is 1.08. The molecule has 1 atom stereocenters. The molecule has 3 aromatic rings. The number of hydrogen-bond acceptors (Lipinski definition) is 7. The van der Waals surface area contributed by atoms with Crippen molar-refractivity contribution in [2.75, 3.05) is 26.7 Å². The second-order valence-electron chi connectivity index (χ2n) is 6.78. The first kappa shape index (κ1) is 18.9. The molecule has 0 aliphatic carbocycles. The summed E-state index contributed by atoms with van der Waals surface area (Å²) in [6, 6.07) is 7.86. The monoisotopic (exact) mass is 399 g/mol. The normalized spacial score (nSPS) is 17.6. The Hall–Kier alpha value is -2.42. The summed E-state index contributed by atoms with van der Waals surface area (Å²) in [4.78, 5) is 11.8. The van der Waals surface area contributed by atoms with Gasteiger partial charge in [0.2, 0.25) is 0 Å². The Morgan fingerprint density at radius 2 is 2.07 bits per heavy atom. The van der Waals surface area contributed by atoms with Gasteiger partial charge in [-0.1, -0.05) is 0 Å². The minimum absolute atomic E-state index is 0.259. The van der Waals surface area contributed by atoms with Crippen molar-refractivity contribution in [2.24, 2.45) is 7.05 Å². The summed E-state index contributed by atoms with van der Waals surface area (Å²) in [5, 5.41) is 6.59. The van der Waals surface area contributed by atoms with Crippen LogP contribution in [0.2, 0.25) is 0 Å². The Morgan fingerprint density at radius 1 is 1.25 bits per heavy atom. The lowest BCUT2D eigenvalue weighted by atomic mass is 10.1. The van der Waals surface area contributed by atoms with Crippen LogP contribution in [-0.2, 0) is 20.2 Å². The molecular weight excluding hydrogens is 374 g/mol. The van der Waals surface area contributed by atoms with Gasteiger partial charge in [-0.05, 0) is 24.3 Å². The number of piperazine rings is 1. The predicted molar refractivity (Wildman–Crippen MR) is 109 cm³/mol. The minimum Gasteiger partial charge on any atom is -0.497 e. The van der Waals surface area contributed by atoms with Crippen LogP contribution in [-0.4, -0.2) is 46.2 Å². The minimum atomic E-state index is 0.259. The zero-order valence-electron chi connectivity index (χ0n) is 16.2. The predicted octanol–water partition coefficient (Wildman–Crippen LogP) is 2.61. The van der Waals surface area contributed by atoms with Gasteiger partial charge in [-0.3, -0.25) is 4.90 Å². The van der Waals surface area contributed by atoms with Gasteiger partial charge in [0.15, 0.2) is 0 Å². The van der Waals surface area contributed by atoms with Crippen LogP contribution >= 0.6 is 11.3 Å². The first-order valence-electron chi connectivity index (χ1n) is 9.35. The fourth-order valence-corrected chi connectivity index (χ4v) is 4.10. The fraction of sp³-hybridized carbons (Fsp3) is 0.400. The van der Waals surface area contributed by atoms with Crippen LogP contribution in [0.5, 0.6) is 11.5 Å². The summed E-state index contributed by atoms with van der Waals surface area (Å²) in [7, 11) is 3.70. The van der Waals surface area contributed by atoms with Crippen molar-refractivity contribution in [3.63, 3.8) is 0 Å². The molecule has 2 aromatic heterocycles. The molecule has 0 spiro atoms. The highest BCUT2D eigenvalue weighted by Gasteiger charge is 2.27. The lowest BCUT2D eigenvalue weighted by Gasteiger charge is -2.35. The zero-order chi connectivity index (χ0) is 19.3. The van der Waals surface area contributed by atoms with E-state index in [2.05, 4.69) is 25.1 Å². The largest absolute Gasteiger partial charge is 0.497 e. The van der Waals surface area contributed by atoms with Crippen molar-refractivity contribution in [3.8, 4) is 11.5 Å². The van der Waals surface area contributed by atoms with Crippen LogP contribution in [0, 0.1) is 0 Å². The molecule has 0 bridgehead atoms. The Bertz CT molecular complexity index is 892. The van der Waals surface area contributed by atoms with E-state index in [1.54, 1.807) is 18.4 Å². The third kappa shape index (κ3) is 4.35. The van der Waals surface area contributed by atoms with E-state index in [1.165, 1.54) is 0 Å². The lowest BCUT2D eigenvalue weighted by Crippen LogP contribution is -2.46. The Balaban J connectivity index is 1.37. The van der Waals surface area contributed by atoms with Crippen molar-refractivity contribution in [2.45, 2.75) is 19.2 Å². The molecule has 0 saturated carbocycles. The van der Waals surface area contributed by atoms with E-state index in [4.69, 9.17) is 14.5 Å². The molecule has 7 nitrogen and oxygen atoms in total. The van der Waals surface area contributed by atoms with E-state index in [0.717, 1.165) is 54.2 Å². The maximum absolute atomic E-state index is 5.85. The average molecular weight is 400 g/mol. The van der Waals surface area contributed by atoms with Gasteiger partial charge < -0.3 is 19.4 Å². The molecular formula is C20H25N5O2S. The molecule has 148 valence electrons. The van der Waals surface area contributed by atoms with Crippen molar-refractivity contribution < 1.29 is 9.47 Å². The van der Waals surface area contributed by atoms with Crippen LogP contribution in [0.3, 0.4) is 0 Å². The van der Waals surface area contributed by atoms with Gasteiger partial charge in [-0.2, -0.15) is 0 Å². The first-order chi connectivity index (χ1) is 13.7. The van der Waals surface area contributed by atoms with Gasteiger partial charge in [-0.25, -0.2) is 9.97 Å². The number of aryl methyl sites for hydroxylation is 1. The van der Waals surface area contributed by atoms with Crippen LogP contribution in [0.4, 0.5) is 0 Å². The summed E-state index contributed by atoms with van der Waals surface area (Å²) >= 11 is 1.64. The third-order valence-electron chi connectivity index (χ3n) is 4.90. The number of aromatic nitrogens is 3. The number of imidazole rings is 1. The van der Waals surface area contributed by atoms with Gasteiger partial charge in [0.1, 0.15) is 28.9 Å². The van der Waals surface area contributed by atoms with E-state index >= 15 is 0 Å². The van der Waals surface area contributed by atoms with E-state index in [-0.39, 0.29) is 6.04 Å². The highest BCUT2D eigenvalue weighted by molar-refractivity contribution is 7.09. The maximum Gasteiger partial charge on any atom is 0.140 e. The van der Waals surface area contributed by atoms with Crippen molar-refractivity contribution in [1.29, 1.82) is 0 Å². The van der Waals surface area contributed by atoms with E-state index in [0.29, 0.717) is 6.61 Å². The van der Waals surface area contributed by atoms with Crippen molar-refractivity contribution >= 4 is 11.3 Å². The summed E-state index contributed by atoms with van der Waals surface area (Å²) in [6.07, 6.45) is 3.86. The van der Waals surface area contributed by atoms with Crippen LogP contribution in [0.25, 0.3) is 0 Å². The molecule has 0 radical (unpaired) electrons. The molecule has 1 saturated heterocycles. The second-order valence-corrected chi connectivity index (χ2v) is 7.73. The fourth-order valence-electron chi connectivity index (χ4n) is 3.40. The molecule has 4 rings (SSSR count). The highest BCUT2D eigenvalue weighted by atomic mass is 32.1. The van der Waals surface area contributed by atoms with Gasteiger partial charge in [0, 0.05) is 51.0 Å². The quantitative estimate of drug-likeness (QED) is 0.659. The highest BCUT2D eigenvalue weighted by Crippen LogP contribution is 2.24. The summed E-state index contributed by atoms with van der Waals surface area (Å²) < 4.78 is 13.1. The Kier molecular flexibility index (Phi) is 5.90. The molecule has 8 heteroatoms. The Morgan fingerprint density at radius 3 is 2.82 bits per heavy atom. The van der Waals surface area contributed by atoms with Crippen LogP contribution in [0.15, 0.2) is 42.0 Å². The maximum atomic E-state index is 5.85. The number of thiazole rings is 1. The number of methoxy groups -OCH3 is 1. The molecule has 1 aliphatic rings. The standard InChI is InChI=1S/C20H25N5O2S/c1-24-9-8-22-20(24)18-11-21-7-10-25(18)12-15-14-28-19(23-15)13-27-17-5-3-16(26-2)4-6-17/h3-6,8-9,14,18,21H,7,10-13H2,1-2H3. The van der Waals surface area contributed by atoms with E-state index in [1.807, 2.05) is 43.7 Å². The van der Waals surface area contributed by atoms with Crippen molar-refractivity contribution in [1.82, 2.24) is 24.8 Å². The molecule has 1 fully saturated rings. The molecule has 1 aromatic carbocycles. The second kappa shape index (κ2) is 8.72. The molecule has 28 heavy (non-hydrogen) atoms. The third-order valence-corrected chi connectivity index (χ3v) is 5.77. The number of hydrogen-bond donors (Lipinski definition) is 1. The summed E-state index contributed by atoms with van der Waals surface area (Å²) in [6.45, 7) is 4.16. The number of nitrogens with one attached hydrogen (secondary N) is 1. The first-order valence-corrected chi connectivity index (χ1v) is 10.2. The van der Waals surface area contributed by atoms with Crippen LogP contribution in [0.1, 0.15) is 22.6 Å². The zero-order valence-corrected chi connectivity index (χ0v) is 17.0. The van der Waals surface area contributed by atoms with Crippen molar-refractivity contribution in [3.05, 3.63) is 58.6 Å². The smallest absolute Gasteiger partial charge is 0.140 e. The topological polar surface area (TPSA) is 64.4 Å². The average Bonchev–Trinajstić information content (AvgIpc) is 3.36. The molecule has 1 aliphatic heterocycles. The van der Waals surface area contributed by atoms with Gasteiger partial charge in [0.05, 0.1) is 18.8 Å². The van der Waals surface area contributed by atoms with Gasteiger partial charge in [0.25, 0.3) is 0 Å². The number of nitrogens with zero attached hydrogens (tertiary/aromatic N) is 4. The number of ether oxygens (including phenoxy) is 2. The SMILES string of the molecule is COc1ccc(OCc2nc(CN3CCNCC3c3nccn3C)cs2)cc1. The van der Waals surface area contributed by atoms with E-state index < -0.39 is 0 Å². The Labute approximate surface area is 168 Å². The molecule has 3 heterocycles. The van der Waals surface area contributed by atoms with E-state index in [9.17, 15) is 0 Å².